The number of rotatable bonds is 7. The summed E-state index contributed by atoms with van der Waals surface area (Å²) in [5.74, 6) is 0.281. The van der Waals surface area contributed by atoms with Gasteiger partial charge in [-0.05, 0) is 42.6 Å². The number of carbonyl (C=O) groups is 1. The molecule has 2 aromatic heterocycles. The zero-order valence-electron chi connectivity index (χ0n) is 19.5. The Morgan fingerprint density at radius 1 is 1.19 bits per heavy atom. The van der Waals surface area contributed by atoms with Gasteiger partial charge in [0.25, 0.3) is 5.91 Å². The maximum absolute atomic E-state index is 12.7. The van der Waals surface area contributed by atoms with Gasteiger partial charge in [0, 0.05) is 38.4 Å². The van der Waals surface area contributed by atoms with Gasteiger partial charge in [0.05, 0.1) is 27.9 Å². The van der Waals surface area contributed by atoms with Crippen molar-refractivity contribution in [2.75, 3.05) is 24.7 Å². The van der Waals surface area contributed by atoms with E-state index in [0.717, 1.165) is 6.26 Å². The van der Waals surface area contributed by atoms with Crippen LogP contribution < -0.4 is 5.32 Å². The molecular formula is C24H25ClN6O4S. The number of carbonyl (C=O) groups excluding carboxylic acids is 1. The Morgan fingerprint density at radius 2 is 1.89 bits per heavy atom. The third-order valence-corrected chi connectivity index (χ3v) is 7.10. The summed E-state index contributed by atoms with van der Waals surface area (Å²) in [7, 11) is -3.32. The van der Waals surface area contributed by atoms with Gasteiger partial charge in [-0.1, -0.05) is 18.2 Å². The molecule has 0 bridgehead atoms. The zero-order valence-corrected chi connectivity index (χ0v) is 21.1. The van der Waals surface area contributed by atoms with Crippen LogP contribution in [0.25, 0.3) is 5.69 Å². The first-order valence-electron chi connectivity index (χ1n) is 11.1. The number of halogens is 1. The maximum atomic E-state index is 12.7. The van der Waals surface area contributed by atoms with Crippen LogP contribution in [0.2, 0.25) is 5.15 Å². The summed E-state index contributed by atoms with van der Waals surface area (Å²) in [6.07, 6.45) is 6.48. The second-order valence-electron chi connectivity index (χ2n) is 8.24. The molecule has 0 saturated carbocycles. The molecule has 0 aliphatic carbocycles. The molecule has 4 rings (SSSR count). The molecule has 1 aromatic carbocycles. The van der Waals surface area contributed by atoms with E-state index in [9.17, 15) is 13.2 Å². The lowest BCUT2D eigenvalue weighted by atomic mass is 10.1. The van der Waals surface area contributed by atoms with E-state index < -0.39 is 9.84 Å². The number of sulfone groups is 1. The summed E-state index contributed by atoms with van der Waals surface area (Å²) in [6, 6.07) is 9.50. The number of hydrogen-bond donors (Lipinski definition) is 2. The molecule has 3 heterocycles. The van der Waals surface area contributed by atoms with Crippen molar-refractivity contribution in [1.82, 2.24) is 19.7 Å². The molecule has 0 atom stereocenters. The van der Waals surface area contributed by atoms with Crippen molar-refractivity contribution in [3.8, 4) is 5.69 Å². The molecule has 188 valence electrons. The van der Waals surface area contributed by atoms with Gasteiger partial charge in [0.2, 0.25) is 5.90 Å². The quantitative estimate of drug-likeness (QED) is 0.272. The number of anilines is 1. The van der Waals surface area contributed by atoms with E-state index in [2.05, 4.69) is 22.0 Å². The number of benzene rings is 1. The SMILES string of the molecule is C=CNc1c(C(=N)OC2CCN(C(=O)c3ccc(Cl)nc3)CC2)cnn1-c1ccc(S(C)(=O)=O)cc1. The number of nitrogens with zero attached hydrogens (tertiary/aromatic N) is 4. The van der Waals surface area contributed by atoms with Gasteiger partial charge in [-0.15, -0.1) is 0 Å². The predicted molar refractivity (Wildman–Crippen MR) is 137 cm³/mol. The highest BCUT2D eigenvalue weighted by Gasteiger charge is 2.27. The standard InChI is InChI=1S/C24H25ClN6O4S/c1-3-27-23-20(15-29-31(23)17-5-7-19(8-6-17)36(2,33)34)22(26)35-18-10-12-30(13-11-18)24(32)16-4-9-21(25)28-14-16/h3-9,14-15,18,26-27H,1,10-13H2,2H3. The van der Waals surface area contributed by atoms with Gasteiger partial charge in [0.15, 0.2) is 9.84 Å². The Labute approximate surface area is 214 Å². The van der Waals surface area contributed by atoms with Crippen LogP contribution in [0.1, 0.15) is 28.8 Å². The highest BCUT2D eigenvalue weighted by molar-refractivity contribution is 7.90. The molecule has 10 nitrogen and oxygen atoms in total. The van der Waals surface area contributed by atoms with Gasteiger partial charge in [-0.3, -0.25) is 10.2 Å². The molecule has 36 heavy (non-hydrogen) atoms. The van der Waals surface area contributed by atoms with Gasteiger partial charge in [-0.25, -0.2) is 18.1 Å². The van der Waals surface area contributed by atoms with E-state index in [4.69, 9.17) is 21.7 Å². The first kappa shape index (κ1) is 25.4. The normalized spacial score (nSPS) is 14.3. The number of hydrogen-bond acceptors (Lipinski definition) is 8. The highest BCUT2D eigenvalue weighted by atomic mass is 35.5. The Bertz CT molecular complexity index is 1380. The van der Waals surface area contributed by atoms with Crippen LogP contribution in [-0.4, -0.2) is 65.3 Å². The summed E-state index contributed by atoms with van der Waals surface area (Å²) in [5, 5.41) is 16.2. The molecule has 3 aromatic rings. The van der Waals surface area contributed by atoms with E-state index in [0.29, 0.717) is 53.7 Å². The average Bonchev–Trinajstić information content (AvgIpc) is 3.28. The van der Waals surface area contributed by atoms with Crippen molar-refractivity contribution >= 4 is 39.1 Å². The molecule has 0 spiro atoms. The van der Waals surface area contributed by atoms with Crippen molar-refractivity contribution in [3.05, 3.63) is 77.9 Å². The Morgan fingerprint density at radius 3 is 2.47 bits per heavy atom. The van der Waals surface area contributed by atoms with Gasteiger partial charge in [0.1, 0.15) is 17.1 Å². The largest absolute Gasteiger partial charge is 0.474 e. The summed E-state index contributed by atoms with van der Waals surface area (Å²) in [4.78, 5) is 18.6. The average molecular weight is 529 g/mol. The third-order valence-electron chi connectivity index (χ3n) is 5.75. The minimum atomic E-state index is -3.32. The fourth-order valence-corrected chi connectivity index (χ4v) is 4.61. The number of pyridine rings is 1. The number of amides is 1. The lowest BCUT2D eigenvalue weighted by Crippen LogP contribution is -2.41. The Balaban J connectivity index is 1.43. The van der Waals surface area contributed by atoms with Crippen LogP contribution in [0.5, 0.6) is 0 Å². The Hall–Kier alpha value is -3.70. The molecule has 2 N–H and O–H groups in total. The molecule has 1 aliphatic heterocycles. The van der Waals surface area contributed by atoms with Gasteiger partial charge >= 0.3 is 0 Å². The molecule has 0 radical (unpaired) electrons. The number of likely N-dealkylation sites (tertiary alicyclic amines) is 1. The van der Waals surface area contributed by atoms with E-state index in [1.54, 1.807) is 33.8 Å². The highest BCUT2D eigenvalue weighted by Crippen LogP contribution is 2.25. The molecule has 0 unspecified atom stereocenters. The van der Waals surface area contributed by atoms with Crippen LogP contribution in [0.15, 0.2) is 66.5 Å². The second kappa shape index (κ2) is 10.5. The summed E-state index contributed by atoms with van der Waals surface area (Å²) < 4.78 is 31.0. The van der Waals surface area contributed by atoms with Crippen molar-refractivity contribution in [2.45, 2.75) is 23.8 Å². The van der Waals surface area contributed by atoms with Crippen LogP contribution in [-0.2, 0) is 14.6 Å². The number of piperidine rings is 1. The lowest BCUT2D eigenvalue weighted by molar-refractivity contribution is 0.0574. The fraction of sp³-hybridized carbons (Fsp3) is 0.250. The summed E-state index contributed by atoms with van der Waals surface area (Å²) >= 11 is 5.80. The van der Waals surface area contributed by atoms with E-state index in [-0.39, 0.29) is 22.8 Å². The molecule has 1 fully saturated rings. The first-order chi connectivity index (χ1) is 17.2. The smallest absolute Gasteiger partial charge is 0.255 e. The maximum Gasteiger partial charge on any atom is 0.255 e. The van der Waals surface area contributed by atoms with Crippen molar-refractivity contribution in [1.29, 1.82) is 5.41 Å². The van der Waals surface area contributed by atoms with Gasteiger partial charge in [-0.2, -0.15) is 5.10 Å². The van der Waals surface area contributed by atoms with E-state index >= 15 is 0 Å². The van der Waals surface area contributed by atoms with Crippen LogP contribution >= 0.6 is 11.6 Å². The Kier molecular flexibility index (Phi) is 7.41. The van der Waals surface area contributed by atoms with Crippen LogP contribution in [0.4, 0.5) is 5.82 Å². The van der Waals surface area contributed by atoms with Gasteiger partial charge < -0.3 is 15.0 Å². The summed E-state index contributed by atoms with van der Waals surface area (Å²) in [6.45, 7) is 4.67. The summed E-state index contributed by atoms with van der Waals surface area (Å²) in [5.41, 5.74) is 1.51. The number of aromatic nitrogens is 3. The minimum Gasteiger partial charge on any atom is -0.474 e. The second-order valence-corrected chi connectivity index (χ2v) is 10.6. The monoisotopic (exact) mass is 528 g/mol. The van der Waals surface area contributed by atoms with Crippen molar-refractivity contribution in [2.24, 2.45) is 0 Å². The third kappa shape index (κ3) is 5.58. The van der Waals surface area contributed by atoms with Crippen molar-refractivity contribution in [3.63, 3.8) is 0 Å². The van der Waals surface area contributed by atoms with Crippen LogP contribution in [0, 0.1) is 5.41 Å². The lowest BCUT2D eigenvalue weighted by Gasteiger charge is -2.32. The first-order valence-corrected chi connectivity index (χ1v) is 13.4. The van der Waals surface area contributed by atoms with Crippen molar-refractivity contribution < 1.29 is 17.9 Å². The number of ether oxygens (including phenoxy) is 1. The van der Waals surface area contributed by atoms with Crippen LogP contribution in [0.3, 0.4) is 0 Å². The molecule has 1 aliphatic rings. The topological polar surface area (TPSA) is 130 Å². The van der Waals surface area contributed by atoms with E-state index in [1.165, 1.54) is 30.7 Å². The molecule has 1 saturated heterocycles. The predicted octanol–water partition coefficient (Wildman–Crippen LogP) is 3.53. The molecular weight excluding hydrogens is 504 g/mol. The zero-order chi connectivity index (χ0) is 25.9. The molecule has 12 heteroatoms. The molecule has 1 amide bonds. The number of nitrogens with one attached hydrogen (secondary N) is 2. The minimum absolute atomic E-state index is 0.0648. The fourth-order valence-electron chi connectivity index (χ4n) is 3.87. The van der Waals surface area contributed by atoms with E-state index in [1.807, 2.05) is 0 Å².